The Morgan fingerprint density at radius 3 is 1.01 bits per heavy atom. The smallest absolute Gasteiger partial charge is 0.300 e. The molecule has 0 saturated carbocycles. The Labute approximate surface area is 570 Å². The van der Waals surface area contributed by atoms with Crippen molar-refractivity contribution in [3.63, 3.8) is 0 Å². The molecule has 0 aromatic rings. The van der Waals surface area contributed by atoms with E-state index in [-0.39, 0.29) is 0 Å². The molecule has 0 spiro atoms. The van der Waals surface area contributed by atoms with Gasteiger partial charge in [-0.1, -0.05) is 166 Å². The molecule has 0 radical (unpaired) electrons. The fraction of sp³-hybridized carbons (Fsp3) is 0.757. The number of epoxide rings is 1. The van der Waals surface area contributed by atoms with Gasteiger partial charge in [0.25, 0.3) is 16.1 Å². The van der Waals surface area contributed by atoms with Gasteiger partial charge >= 0.3 is 0 Å². The normalized spacial score (nSPS) is 14.8. The monoisotopic (exact) mass is 1350 g/mol. The first-order chi connectivity index (χ1) is 41.6. The molecule has 0 aromatic carbocycles. The molecule has 5 heterocycles. The molecule has 540 valence electrons. The number of unbranched alkanes of at least 4 members (excludes halogenated alkanes) is 1. The first kappa shape index (κ1) is 123. The lowest BCUT2D eigenvalue weighted by Gasteiger charge is -2.40. The summed E-state index contributed by atoms with van der Waals surface area (Å²) in [6.45, 7) is 67.6. The van der Waals surface area contributed by atoms with Gasteiger partial charge in [-0.25, -0.2) is 14.8 Å². The third-order valence-corrected chi connectivity index (χ3v) is 9.97. The second kappa shape index (κ2) is 110. The van der Waals surface area contributed by atoms with Gasteiger partial charge in [-0.3, -0.25) is 9.35 Å². The average Bonchev–Trinajstić information content (AvgIpc) is 4.42. The molecule has 5 aliphatic heterocycles. The first-order valence-electron chi connectivity index (χ1n) is 31.1. The molecule has 6 N–H and O–H groups in total. The van der Waals surface area contributed by atoms with Crippen molar-refractivity contribution in [3.05, 3.63) is 84.5 Å². The van der Waals surface area contributed by atoms with Crippen LogP contribution < -0.4 is 11.1 Å². The molecule has 5 fully saturated rings. The van der Waals surface area contributed by atoms with E-state index in [0.29, 0.717) is 33.6 Å². The van der Waals surface area contributed by atoms with Gasteiger partial charge in [0.1, 0.15) is 0 Å². The summed E-state index contributed by atoms with van der Waals surface area (Å²) < 4.78 is 45.9. The van der Waals surface area contributed by atoms with Crippen molar-refractivity contribution in [1.29, 1.82) is 0 Å². The number of isothiocyanates is 1. The summed E-state index contributed by atoms with van der Waals surface area (Å²) in [6.07, 6.45) is 33.3. The van der Waals surface area contributed by atoms with Crippen LogP contribution in [-0.4, -0.2) is 146 Å². The van der Waals surface area contributed by atoms with Crippen LogP contribution in [0.2, 0.25) is 0 Å². The lowest BCUT2D eigenvalue weighted by atomic mass is 9.79. The Morgan fingerprint density at radius 2 is 0.989 bits per heavy atom. The maximum absolute atomic E-state index is 9.19. The second-order valence-corrected chi connectivity index (χ2v) is 22.4. The summed E-state index contributed by atoms with van der Waals surface area (Å²) in [5.41, 5.74) is 8.76. The number of thiol groups is 1. The number of aliphatic hydroxyl groups is 1. The minimum atomic E-state index is -3.67. The van der Waals surface area contributed by atoms with Crippen LogP contribution in [0.5, 0.6) is 0 Å². The summed E-state index contributed by atoms with van der Waals surface area (Å²) >= 11 is 12.7. The zero-order chi connectivity index (χ0) is 74.2. The molecule has 2 unspecified atom stereocenters. The van der Waals surface area contributed by atoms with Crippen molar-refractivity contribution in [2.24, 2.45) is 32.0 Å². The maximum Gasteiger partial charge on any atom is 0.300 e. The molecule has 0 bridgehead atoms. The van der Waals surface area contributed by atoms with E-state index in [1.807, 2.05) is 60.6 Å². The Bertz CT molecular complexity index is 1580. The van der Waals surface area contributed by atoms with Crippen molar-refractivity contribution < 1.29 is 51.7 Å². The number of rotatable bonds is 9. The fourth-order valence-electron chi connectivity index (χ4n) is 3.93. The maximum atomic E-state index is 9.19. The number of carboxylic acid groups (broad SMARTS) is 1. The predicted molar refractivity (Wildman–Crippen MR) is 407 cm³/mol. The van der Waals surface area contributed by atoms with E-state index in [9.17, 15) is 8.42 Å². The van der Waals surface area contributed by atoms with Crippen LogP contribution in [0.1, 0.15) is 230 Å². The first-order valence-corrected chi connectivity index (χ1v) is 34.6. The third kappa shape index (κ3) is 208. The van der Waals surface area contributed by atoms with Crippen molar-refractivity contribution in [3.8, 4) is 0 Å². The van der Waals surface area contributed by atoms with Gasteiger partial charge in [-0.05, 0) is 160 Å². The largest absolute Gasteiger partial charge is 0.481 e. The second-order valence-electron chi connectivity index (χ2n) is 20.2. The van der Waals surface area contributed by atoms with E-state index in [1.165, 1.54) is 95.7 Å². The van der Waals surface area contributed by atoms with Crippen molar-refractivity contribution >= 4 is 63.8 Å². The number of hydrogen-bond acceptors (Lipinski definition) is 15. The SMILES string of the molecule is C/C=C/C.C/C=C/CC.C/C=C/CCC.C=C(C)C.C=C(C)Cl.C=CC.CC(=O)O.CC1CN1.CC1CO1.CC=C(C)C.CCC.CCC1(C)COC1.CCC1(CC)COC1.CCCC1(CC)COC1.CN.CN=C=O.CN=C=S.CO.CS.CS(=O)(=O)O. The molecule has 0 aliphatic carbocycles. The molecular weight excluding hydrogens is 1200 g/mol. The van der Waals surface area contributed by atoms with E-state index < -0.39 is 16.1 Å². The van der Waals surface area contributed by atoms with Crippen molar-refractivity contribution in [2.75, 3.05) is 93.6 Å². The van der Waals surface area contributed by atoms with E-state index in [4.69, 9.17) is 54.9 Å². The van der Waals surface area contributed by atoms with Crippen LogP contribution in [0.4, 0.5) is 0 Å². The summed E-state index contributed by atoms with van der Waals surface area (Å²) in [6, 6.07) is 0.833. The zero-order valence-electron chi connectivity index (χ0n) is 63.3. The number of nitrogens with one attached hydrogen (secondary N) is 1. The standard InChI is InChI=1S/C8H16O.C7H14O.C6H12O.C6H12.2C5H10.2C4H8.C3H5Cl.C3H7N.C3H6O.C3H8.C3H6.C2H3NO.C2H3NS.C2H4O2.CH5N.CH4O3S.CH4O.CH4S/c1-3-5-8(4-2)6-9-7-8;1-3-7(4-2)5-8-6-7;1-3-6(2)4-7-5-6;1-3-5-6-4-2;1-4-5(2)3;1-3-5-4-2;1-4(2)3;1-3-4-2;1-3(2)4;2*1-3-2-4-3;2*1-3-2;2*1-3-2-4;1-2(3)4;1-2;1-5(2,3)4;2*1-2/h3-7H2,1-2H3;3-6H2,1-2H3;3-5H2,1-2H3;3,5H,4,6H2,1-2H3;4H,1-3H3;3,5H,4H2,1-2H3;1H2,2-3H3;3-4H,1-2H3;1H2,2H3;3-4H,2H2,1H3;3H,2H2,1H3;3H2,1-2H3;3H,1H2,2H3;2*1H3;1H3,(H,3,4);2H2,1H3;1H3,(H,2,3,4);2*2H,1H3/b;;;5-3+;;5-3+;;4-3+;;;;;;;;;;;;. The van der Waals surface area contributed by atoms with E-state index in [0.717, 1.165) is 72.7 Å². The molecule has 19 heteroatoms. The lowest BCUT2D eigenvalue weighted by Crippen LogP contribution is -2.41. The van der Waals surface area contributed by atoms with Gasteiger partial charge in [-0.2, -0.15) is 21.0 Å². The minimum absolute atomic E-state index is 0.542. The van der Waals surface area contributed by atoms with Crippen molar-refractivity contribution in [1.82, 2.24) is 5.32 Å². The lowest BCUT2D eigenvalue weighted by molar-refractivity contribution is -0.134. The number of nitrogens with two attached hydrogens (primary N) is 1. The third-order valence-electron chi connectivity index (χ3n) is 9.79. The predicted octanol–water partition coefficient (Wildman–Crippen LogP) is 19.7. The summed E-state index contributed by atoms with van der Waals surface area (Å²) in [5.74, 6) is -0.833. The van der Waals surface area contributed by atoms with Gasteiger partial charge < -0.3 is 40.2 Å². The number of carbonyl (C=O) groups excluding carboxylic acids is 1. The quantitative estimate of drug-likeness (QED) is 0.0239. The minimum Gasteiger partial charge on any atom is -0.481 e. The molecule has 15 nitrogen and oxygen atoms in total. The summed E-state index contributed by atoms with van der Waals surface area (Å²) in [7, 11) is 1.81. The van der Waals surface area contributed by atoms with Crippen LogP contribution in [0.25, 0.3) is 0 Å². The molecule has 89 heavy (non-hydrogen) atoms. The molecule has 5 saturated heterocycles. The Balaban J connectivity index is -0.0000000505. The molecule has 5 rings (SSSR count). The number of aliphatic hydroxyl groups excluding tert-OH is 1. The average molecular weight is 1350 g/mol. The number of thiocarbonyl (C=S) groups is 1. The highest BCUT2D eigenvalue weighted by Crippen LogP contribution is 2.36. The van der Waals surface area contributed by atoms with Crippen molar-refractivity contribution in [2.45, 2.75) is 243 Å². The zero-order valence-corrected chi connectivity index (χ0v) is 66.6. The number of carbonyl (C=O) groups is 1. The van der Waals surface area contributed by atoms with Crippen LogP contribution in [-0.2, 0) is 38.7 Å². The van der Waals surface area contributed by atoms with Gasteiger partial charge in [-0.15, -0.1) is 13.2 Å². The molecule has 0 aromatic heterocycles. The van der Waals surface area contributed by atoms with E-state index >= 15 is 0 Å². The van der Waals surface area contributed by atoms with Gasteiger partial charge in [0.05, 0.1) is 63.8 Å². The number of allylic oxidation sites excluding steroid dienone is 11. The fourth-order valence-corrected chi connectivity index (χ4v) is 3.93. The summed E-state index contributed by atoms with van der Waals surface area (Å²) in [5, 5.41) is 20.3. The van der Waals surface area contributed by atoms with Gasteiger partial charge in [0.15, 0.2) is 0 Å². The van der Waals surface area contributed by atoms with Crippen LogP contribution >= 0.6 is 36.4 Å². The summed E-state index contributed by atoms with van der Waals surface area (Å²) in [4.78, 5) is 24.1. The highest BCUT2D eigenvalue weighted by atomic mass is 35.5. The molecule has 2 atom stereocenters. The number of nitrogens with zero attached hydrogens (tertiary/aromatic N) is 2. The number of aliphatic carboxylic acids is 1. The number of isocyanates is 1. The molecule has 0 amide bonds. The van der Waals surface area contributed by atoms with E-state index in [1.54, 1.807) is 26.3 Å². The molecular formula is C70H149ClN4O11S3. The van der Waals surface area contributed by atoms with Crippen LogP contribution in [0.15, 0.2) is 94.5 Å². The van der Waals surface area contributed by atoms with Crippen LogP contribution in [0.3, 0.4) is 0 Å². The number of ether oxygens (including phenoxy) is 4. The Kier molecular flexibility index (Phi) is 152. The van der Waals surface area contributed by atoms with Gasteiger partial charge in [0.2, 0.25) is 6.08 Å². The van der Waals surface area contributed by atoms with E-state index in [2.05, 4.69) is 205 Å². The number of aliphatic imine (C=N–C) groups is 2. The number of hydrogen-bond donors (Lipinski definition) is 6. The highest BCUT2D eigenvalue weighted by Gasteiger charge is 2.35. The Morgan fingerprint density at radius 1 is 0.742 bits per heavy atom. The topological polar surface area (TPSA) is 242 Å². The van der Waals surface area contributed by atoms with Gasteiger partial charge in [0, 0.05) is 62.0 Å². The van der Waals surface area contributed by atoms with Crippen LogP contribution in [0, 0.1) is 16.2 Å². The number of halogens is 1. The molecule has 5 aliphatic rings. The number of carboxylic acids is 1. The Hall–Kier alpha value is -2.90. The highest BCUT2D eigenvalue weighted by molar-refractivity contribution is 7.85.